The molecule has 2 aromatic carbocycles. The minimum atomic E-state index is -0.811. The van der Waals surface area contributed by atoms with E-state index in [1.165, 1.54) is 32.4 Å². The quantitative estimate of drug-likeness (QED) is 0.804. The van der Waals surface area contributed by atoms with Crippen LogP contribution in [0.25, 0.3) is 0 Å². The molecule has 0 aliphatic carbocycles. The minimum absolute atomic E-state index is 0.0216. The van der Waals surface area contributed by atoms with Crippen LogP contribution in [0.4, 0.5) is 0 Å². The van der Waals surface area contributed by atoms with Gasteiger partial charge in [0.2, 0.25) is 0 Å². The highest BCUT2D eigenvalue weighted by Crippen LogP contribution is 2.43. The number of benzene rings is 2. The minimum Gasteiger partial charge on any atom is -0.508 e. The molecule has 0 fully saturated rings. The number of fused-ring (bicyclic) bond motifs is 1. The van der Waals surface area contributed by atoms with Crippen LogP contribution in [0, 0.1) is 0 Å². The number of phenols is 2. The van der Waals surface area contributed by atoms with Crippen molar-refractivity contribution < 1.29 is 29.5 Å². The first kappa shape index (κ1) is 15.3. The third-order valence-electron chi connectivity index (χ3n) is 3.92. The first-order valence-electron chi connectivity index (χ1n) is 7.15. The molecule has 0 radical (unpaired) electrons. The van der Waals surface area contributed by atoms with E-state index in [0.717, 1.165) is 0 Å². The molecule has 0 bridgehead atoms. The Kier molecular flexibility index (Phi) is 3.92. The Labute approximate surface area is 133 Å². The van der Waals surface area contributed by atoms with Crippen LogP contribution in [0.15, 0.2) is 30.3 Å². The lowest BCUT2D eigenvalue weighted by atomic mass is 9.94. The van der Waals surface area contributed by atoms with E-state index < -0.39 is 12.2 Å². The lowest BCUT2D eigenvalue weighted by Crippen LogP contribution is -2.30. The molecule has 0 aromatic heterocycles. The zero-order valence-corrected chi connectivity index (χ0v) is 12.8. The van der Waals surface area contributed by atoms with Crippen LogP contribution in [0.5, 0.6) is 28.7 Å². The number of rotatable bonds is 3. The normalized spacial score (nSPS) is 19.6. The third kappa shape index (κ3) is 2.73. The third-order valence-corrected chi connectivity index (χ3v) is 3.92. The fourth-order valence-electron chi connectivity index (χ4n) is 2.80. The van der Waals surface area contributed by atoms with Gasteiger partial charge >= 0.3 is 0 Å². The van der Waals surface area contributed by atoms with Gasteiger partial charge in [-0.3, -0.25) is 0 Å². The van der Waals surface area contributed by atoms with Crippen LogP contribution >= 0.6 is 0 Å². The summed E-state index contributed by atoms with van der Waals surface area (Å²) in [5, 5.41) is 30.1. The molecule has 3 N–H and O–H groups in total. The second kappa shape index (κ2) is 5.89. The van der Waals surface area contributed by atoms with Gasteiger partial charge in [0.25, 0.3) is 0 Å². The summed E-state index contributed by atoms with van der Waals surface area (Å²) in [6.45, 7) is 0. The highest BCUT2D eigenvalue weighted by atomic mass is 16.5. The average molecular weight is 318 g/mol. The van der Waals surface area contributed by atoms with Crippen LogP contribution in [-0.2, 0) is 6.42 Å². The SMILES string of the molecule is COc1ccc([C@H]2Oc3cc(O)cc(OC)c3C[C@H]2O)cc1O. The molecule has 2 atom stereocenters. The predicted octanol–water partition coefficient (Wildman–Crippen LogP) is 2.15. The summed E-state index contributed by atoms with van der Waals surface area (Å²) >= 11 is 0. The summed E-state index contributed by atoms with van der Waals surface area (Å²) in [6.07, 6.45) is -1.16. The molecule has 0 saturated heterocycles. The smallest absolute Gasteiger partial charge is 0.160 e. The van der Waals surface area contributed by atoms with E-state index in [9.17, 15) is 15.3 Å². The van der Waals surface area contributed by atoms with E-state index in [4.69, 9.17) is 14.2 Å². The van der Waals surface area contributed by atoms with Crippen LogP contribution in [0.2, 0.25) is 0 Å². The summed E-state index contributed by atoms with van der Waals surface area (Å²) in [6, 6.07) is 7.79. The monoisotopic (exact) mass is 318 g/mol. The highest BCUT2D eigenvalue weighted by molar-refractivity contribution is 5.52. The Morgan fingerprint density at radius 2 is 1.78 bits per heavy atom. The molecule has 2 aromatic rings. The van der Waals surface area contributed by atoms with Crippen molar-refractivity contribution in [1.29, 1.82) is 0 Å². The average Bonchev–Trinajstić information content (AvgIpc) is 2.54. The Bertz CT molecular complexity index is 727. The maximum absolute atomic E-state index is 10.4. The Balaban J connectivity index is 1.98. The lowest BCUT2D eigenvalue weighted by molar-refractivity contribution is 0.0197. The molecule has 23 heavy (non-hydrogen) atoms. The maximum Gasteiger partial charge on any atom is 0.160 e. The zero-order valence-electron chi connectivity index (χ0n) is 12.8. The zero-order chi connectivity index (χ0) is 16.6. The van der Waals surface area contributed by atoms with Crippen LogP contribution in [0.3, 0.4) is 0 Å². The molecular weight excluding hydrogens is 300 g/mol. The topological polar surface area (TPSA) is 88.4 Å². The second-order valence-corrected chi connectivity index (χ2v) is 5.37. The number of ether oxygens (including phenoxy) is 3. The van der Waals surface area contributed by atoms with E-state index in [2.05, 4.69) is 0 Å². The molecule has 0 amide bonds. The van der Waals surface area contributed by atoms with Crippen LogP contribution < -0.4 is 14.2 Å². The number of aromatic hydroxyl groups is 2. The van der Waals surface area contributed by atoms with Crippen molar-refractivity contribution in [3.63, 3.8) is 0 Å². The number of methoxy groups -OCH3 is 2. The summed E-state index contributed by atoms with van der Waals surface area (Å²) in [4.78, 5) is 0. The van der Waals surface area contributed by atoms with Crippen molar-refractivity contribution >= 4 is 0 Å². The molecular formula is C17H18O6. The first-order valence-corrected chi connectivity index (χ1v) is 7.15. The highest BCUT2D eigenvalue weighted by Gasteiger charge is 2.32. The van der Waals surface area contributed by atoms with E-state index in [1.807, 2.05) is 0 Å². The maximum atomic E-state index is 10.4. The summed E-state index contributed by atoms with van der Waals surface area (Å²) < 4.78 is 16.1. The van der Waals surface area contributed by atoms with Crippen molar-refractivity contribution in [2.45, 2.75) is 18.6 Å². The van der Waals surface area contributed by atoms with Gasteiger partial charge in [0, 0.05) is 24.1 Å². The van der Waals surface area contributed by atoms with Crippen LogP contribution in [0.1, 0.15) is 17.2 Å². The van der Waals surface area contributed by atoms with Gasteiger partial charge < -0.3 is 29.5 Å². The molecule has 122 valence electrons. The van der Waals surface area contributed by atoms with Crippen molar-refractivity contribution in [2.24, 2.45) is 0 Å². The summed E-state index contributed by atoms with van der Waals surface area (Å²) in [5.41, 5.74) is 1.32. The molecule has 1 aliphatic rings. The van der Waals surface area contributed by atoms with Gasteiger partial charge in [-0.05, 0) is 17.7 Å². The van der Waals surface area contributed by atoms with Crippen molar-refractivity contribution in [1.82, 2.24) is 0 Å². The van der Waals surface area contributed by atoms with E-state index in [-0.39, 0.29) is 11.5 Å². The number of aliphatic hydroxyl groups excluding tert-OH is 1. The van der Waals surface area contributed by atoms with Crippen LogP contribution in [-0.4, -0.2) is 35.6 Å². The molecule has 3 rings (SSSR count). The number of hydrogen-bond donors (Lipinski definition) is 3. The van der Waals surface area contributed by atoms with Crippen molar-refractivity contribution in [3.05, 3.63) is 41.5 Å². The first-order chi connectivity index (χ1) is 11.0. The van der Waals surface area contributed by atoms with Gasteiger partial charge in [0.15, 0.2) is 11.5 Å². The summed E-state index contributed by atoms with van der Waals surface area (Å²) in [7, 11) is 2.96. The van der Waals surface area contributed by atoms with Gasteiger partial charge in [-0.15, -0.1) is 0 Å². The fraction of sp³-hybridized carbons (Fsp3) is 0.294. The fourth-order valence-corrected chi connectivity index (χ4v) is 2.80. The Morgan fingerprint density at radius 3 is 2.43 bits per heavy atom. The standard InChI is InChI=1S/C17H18O6/c1-21-14-4-3-9(5-12(14)19)17-13(20)8-11-15(22-2)6-10(18)7-16(11)23-17/h3-7,13,17-20H,8H2,1-2H3/t13-,17-/m1/s1. The van der Waals surface area contributed by atoms with Gasteiger partial charge in [-0.1, -0.05) is 6.07 Å². The van der Waals surface area contributed by atoms with Gasteiger partial charge in [-0.25, -0.2) is 0 Å². The largest absolute Gasteiger partial charge is 0.508 e. The van der Waals surface area contributed by atoms with E-state index >= 15 is 0 Å². The molecule has 0 spiro atoms. The Hall–Kier alpha value is -2.60. The second-order valence-electron chi connectivity index (χ2n) is 5.37. The summed E-state index contributed by atoms with van der Waals surface area (Å²) in [5.74, 6) is 1.26. The Morgan fingerprint density at radius 1 is 1.04 bits per heavy atom. The number of hydrogen-bond acceptors (Lipinski definition) is 6. The predicted molar refractivity (Wildman–Crippen MR) is 82.4 cm³/mol. The van der Waals surface area contributed by atoms with E-state index in [1.54, 1.807) is 12.1 Å². The van der Waals surface area contributed by atoms with Gasteiger partial charge in [-0.2, -0.15) is 0 Å². The molecule has 6 nitrogen and oxygen atoms in total. The van der Waals surface area contributed by atoms with Crippen molar-refractivity contribution in [2.75, 3.05) is 14.2 Å². The number of phenolic OH excluding ortho intramolecular Hbond substituents is 2. The van der Waals surface area contributed by atoms with Gasteiger partial charge in [0.1, 0.15) is 23.4 Å². The molecule has 1 aliphatic heterocycles. The number of aliphatic hydroxyl groups is 1. The molecule has 0 saturated carbocycles. The lowest BCUT2D eigenvalue weighted by Gasteiger charge is -2.32. The van der Waals surface area contributed by atoms with E-state index in [0.29, 0.717) is 34.8 Å². The van der Waals surface area contributed by atoms with Crippen molar-refractivity contribution in [3.8, 4) is 28.7 Å². The molecule has 6 heteroatoms. The van der Waals surface area contributed by atoms with Gasteiger partial charge in [0.05, 0.1) is 20.3 Å². The molecule has 1 heterocycles. The molecule has 0 unspecified atom stereocenters.